The Morgan fingerprint density at radius 3 is 2.28 bits per heavy atom. The molecule has 0 aromatic heterocycles. The Bertz CT molecular complexity index is 491. The van der Waals surface area contributed by atoms with Crippen molar-refractivity contribution in [3.8, 4) is 0 Å². The molecule has 0 aliphatic carbocycles. The number of carboxylic acid groups (broad SMARTS) is 1. The summed E-state index contributed by atoms with van der Waals surface area (Å²) >= 11 is 4.87. The van der Waals surface area contributed by atoms with Gasteiger partial charge in [0.25, 0.3) is 0 Å². The normalized spacial score (nSPS) is 15.4. The number of aliphatic hydroxyl groups excluding tert-OH is 2. The molecule has 0 radical (unpaired) electrons. The third-order valence-corrected chi connectivity index (χ3v) is 3.32. The van der Waals surface area contributed by atoms with Gasteiger partial charge in [-0.25, -0.2) is 15.0 Å². The Morgan fingerprint density at radius 1 is 1.24 bits per heavy atom. The molecule has 0 bridgehead atoms. The number of amides is 3. The summed E-state index contributed by atoms with van der Waals surface area (Å²) in [4.78, 5) is 34.0. The van der Waals surface area contributed by atoms with Crippen LogP contribution in [0.3, 0.4) is 0 Å². The van der Waals surface area contributed by atoms with E-state index in [4.69, 9.17) is 33.9 Å². The standard InChI is InChI=1S/C12H24N6O6S/c1-5(20)9(11(22)23)17-12(24)16-6(2-8(14)21)3-15-18-10(25)7(13)4-19/h5-7,9,15,19-20H,2-4,13H2,1H3,(H2,14,21)(H,18,25)(H,22,23)(H2,16,17,24). The van der Waals surface area contributed by atoms with E-state index in [1.54, 1.807) is 0 Å². The molecule has 11 N–H and O–H groups in total. The molecule has 0 aliphatic rings. The first kappa shape index (κ1) is 22.9. The fraction of sp³-hybridized carbons (Fsp3) is 0.667. The van der Waals surface area contributed by atoms with Gasteiger partial charge in [-0.1, -0.05) is 12.2 Å². The maximum absolute atomic E-state index is 11.8. The highest BCUT2D eigenvalue weighted by Crippen LogP contribution is 1.95. The van der Waals surface area contributed by atoms with E-state index in [9.17, 15) is 19.5 Å². The molecule has 0 spiro atoms. The minimum absolute atomic E-state index is 0.0128. The van der Waals surface area contributed by atoms with E-state index < -0.39 is 42.1 Å². The van der Waals surface area contributed by atoms with Gasteiger partial charge in [-0.15, -0.1) is 0 Å². The first-order valence-electron chi connectivity index (χ1n) is 7.23. The summed E-state index contributed by atoms with van der Waals surface area (Å²) in [6.45, 7) is 0.826. The van der Waals surface area contributed by atoms with Gasteiger partial charge in [0.05, 0.1) is 24.8 Å². The van der Waals surface area contributed by atoms with Crippen LogP contribution in [0, 0.1) is 0 Å². The van der Waals surface area contributed by atoms with Crippen molar-refractivity contribution in [1.82, 2.24) is 21.5 Å². The second-order valence-corrected chi connectivity index (χ2v) is 5.64. The fourth-order valence-corrected chi connectivity index (χ4v) is 1.76. The molecule has 12 nitrogen and oxygen atoms in total. The SMILES string of the molecule is CC(O)C(NC(=O)NC(CNNC(=S)C(N)CO)CC(N)=O)C(=O)O. The predicted octanol–water partition coefficient (Wildman–Crippen LogP) is -3.90. The summed E-state index contributed by atoms with van der Waals surface area (Å²) in [6.07, 6.45) is -1.57. The molecule has 3 amide bonds. The summed E-state index contributed by atoms with van der Waals surface area (Å²) in [5.74, 6) is -2.12. The lowest BCUT2D eigenvalue weighted by Gasteiger charge is -2.22. The van der Waals surface area contributed by atoms with Crippen LogP contribution in [0.4, 0.5) is 4.79 Å². The maximum Gasteiger partial charge on any atom is 0.328 e. The molecule has 25 heavy (non-hydrogen) atoms. The smallest absolute Gasteiger partial charge is 0.328 e. The summed E-state index contributed by atoms with van der Waals surface area (Å²) in [7, 11) is 0. The number of urea groups is 1. The minimum atomic E-state index is -1.52. The number of aliphatic hydroxyl groups is 2. The van der Waals surface area contributed by atoms with E-state index in [1.165, 1.54) is 6.92 Å². The molecule has 0 fully saturated rings. The number of hydrazine groups is 1. The molecular formula is C12H24N6O6S. The minimum Gasteiger partial charge on any atom is -0.480 e. The summed E-state index contributed by atoms with van der Waals surface area (Å²) in [5, 5.41) is 31.5. The second kappa shape index (κ2) is 11.5. The molecule has 0 saturated carbocycles. The van der Waals surface area contributed by atoms with Crippen LogP contribution < -0.4 is 33.0 Å². The van der Waals surface area contributed by atoms with Crippen LogP contribution >= 0.6 is 12.2 Å². The van der Waals surface area contributed by atoms with Gasteiger partial charge < -0.3 is 42.8 Å². The van der Waals surface area contributed by atoms with Crippen LogP contribution in [0.2, 0.25) is 0 Å². The molecule has 0 aliphatic heterocycles. The van der Waals surface area contributed by atoms with Gasteiger partial charge in [-0.2, -0.15) is 0 Å². The van der Waals surface area contributed by atoms with Crippen molar-refractivity contribution in [2.45, 2.75) is 37.6 Å². The molecule has 4 unspecified atom stereocenters. The largest absolute Gasteiger partial charge is 0.480 e. The highest BCUT2D eigenvalue weighted by atomic mass is 32.1. The van der Waals surface area contributed by atoms with E-state index in [2.05, 4.69) is 21.5 Å². The van der Waals surface area contributed by atoms with Gasteiger partial charge in [0.1, 0.15) is 4.99 Å². The van der Waals surface area contributed by atoms with Crippen LogP contribution in [-0.2, 0) is 9.59 Å². The molecular weight excluding hydrogens is 356 g/mol. The van der Waals surface area contributed by atoms with Gasteiger partial charge in [-0.3, -0.25) is 4.79 Å². The van der Waals surface area contributed by atoms with Gasteiger partial charge in [0.15, 0.2) is 6.04 Å². The van der Waals surface area contributed by atoms with Crippen LogP contribution in [0.1, 0.15) is 13.3 Å². The number of carboxylic acids is 1. The predicted molar refractivity (Wildman–Crippen MR) is 91.2 cm³/mol. The third-order valence-electron chi connectivity index (χ3n) is 2.91. The zero-order chi connectivity index (χ0) is 19.6. The van der Waals surface area contributed by atoms with Crippen LogP contribution in [0.15, 0.2) is 0 Å². The van der Waals surface area contributed by atoms with E-state index in [-0.39, 0.29) is 24.6 Å². The number of nitrogens with one attached hydrogen (secondary N) is 4. The number of aliphatic carboxylic acids is 1. The number of carbonyl (C=O) groups is 3. The van der Waals surface area contributed by atoms with Gasteiger partial charge in [0.2, 0.25) is 5.91 Å². The lowest BCUT2D eigenvalue weighted by atomic mass is 10.2. The number of rotatable bonds is 11. The van der Waals surface area contributed by atoms with E-state index >= 15 is 0 Å². The van der Waals surface area contributed by atoms with Crippen LogP contribution in [0.25, 0.3) is 0 Å². The van der Waals surface area contributed by atoms with Crippen molar-refractivity contribution in [2.75, 3.05) is 13.2 Å². The first-order valence-corrected chi connectivity index (χ1v) is 7.64. The van der Waals surface area contributed by atoms with Crippen molar-refractivity contribution in [1.29, 1.82) is 0 Å². The number of hydrogen-bond acceptors (Lipinski definition) is 8. The molecule has 0 saturated heterocycles. The Morgan fingerprint density at radius 2 is 1.84 bits per heavy atom. The molecule has 13 heteroatoms. The highest BCUT2D eigenvalue weighted by Gasteiger charge is 2.26. The average molecular weight is 380 g/mol. The molecule has 0 aromatic carbocycles. The summed E-state index contributed by atoms with van der Waals surface area (Å²) in [6, 6.07) is -4.01. The van der Waals surface area contributed by atoms with E-state index in [0.29, 0.717) is 0 Å². The number of hydrogen-bond donors (Lipinski definition) is 9. The molecule has 144 valence electrons. The van der Waals surface area contributed by atoms with Crippen molar-refractivity contribution < 1.29 is 29.7 Å². The van der Waals surface area contributed by atoms with Crippen molar-refractivity contribution in [3.05, 3.63) is 0 Å². The molecule has 0 rings (SSSR count). The summed E-state index contributed by atoms with van der Waals surface area (Å²) in [5.41, 5.74) is 15.7. The average Bonchev–Trinajstić information content (AvgIpc) is 2.50. The topological polar surface area (TPSA) is 212 Å². The lowest BCUT2D eigenvalue weighted by molar-refractivity contribution is -0.141. The second-order valence-electron chi connectivity index (χ2n) is 5.20. The van der Waals surface area contributed by atoms with E-state index in [0.717, 1.165) is 0 Å². The maximum atomic E-state index is 11.8. The van der Waals surface area contributed by atoms with Crippen molar-refractivity contribution in [3.63, 3.8) is 0 Å². The Balaban J connectivity index is 4.61. The Hall–Kier alpha value is -2.06. The molecule has 4 atom stereocenters. The van der Waals surface area contributed by atoms with Crippen LogP contribution in [0.5, 0.6) is 0 Å². The zero-order valence-electron chi connectivity index (χ0n) is 13.6. The first-order chi connectivity index (χ1) is 11.6. The number of nitrogens with two attached hydrogens (primary N) is 2. The van der Waals surface area contributed by atoms with Gasteiger partial charge in [-0.05, 0) is 6.92 Å². The van der Waals surface area contributed by atoms with Gasteiger partial charge in [0, 0.05) is 13.0 Å². The monoisotopic (exact) mass is 380 g/mol. The van der Waals surface area contributed by atoms with Gasteiger partial charge >= 0.3 is 12.0 Å². The highest BCUT2D eigenvalue weighted by molar-refractivity contribution is 7.80. The number of carbonyl (C=O) groups excluding carboxylic acids is 2. The lowest BCUT2D eigenvalue weighted by Crippen LogP contribution is -2.56. The van der Waals surface area contributed by atoms with Crippen molar-refractivity contribution in [2.24, 2.45) is 11.5 Å². The Labute approximate surface area is 149 Å². The third kappa shape index (κ3) is 9.73. The van der Waals surface area contributed by atoms with Crippen molar-refractivity contribution >= 4 is 35.1 Å². The Kier molecular flexibility index (Phi) is 10.5. The molecule has 0 aromatic rings. The van der Waals surface area contributed by atoms with Crippen LogP contribution in [-0.4, -0.2) is 75.6 Å². The quantitative estimate of drug-likeness (QED) is 0.125. The summed E-state index contributed by atoms with van der Waals surface area (Å²) < 4.78 is 0. The number of thiocarbonyl (C=S) groups is 1. The number of primary amides is 1. The fourth-order valence-electron chi connectivity index (χ4n) is 1.61. The van der Waals surface area contributed by atoms with E-state index in [1.807, 2.05) is 0 Å². The zero-order valence-corrected chi connectivity index (χ0v) is 14.4. The molecule has 0 heterocycles.